The summed E-state index contributed by atoms with van der Waals surface area (Å²) in [5.74, 6) is -0.201. The Bertz CT molecular complexity index is 1500. The van der Waals surface area contributed by atoms with Crippen LogP contribution in [0.2, 0.25) is 0 Å². The number of carbonyl (C=O) groups excluding carboxylic acids is 2. The van der Waals surface area contributed by atoms with Gasteiger partial charge in [-0.05, 0) is 43.2 Å². The summed E-state index contributed by atoms with van der Waals surface area (Å²) in [6.45, 7) is 1.11. The van der Waals surface area contributed by atoms with Crippen LogP contribution in [0.4, 0.5) is 14.9 Å². The number of carbonyl (C=O) groups is 2. The number of likely N-dealkylation sites (tertiary alicyclic amines) is 1. The molecule has 2 aliphatic rings. The van der Waals surface area contributed by atoms with Crippen LogP contribution in [0.5, 0.6) is 11.5 Å². The first-order valence-electron chi connectivity index (χ1n) is 11.9. The molecule has 4 aromatic rings. The maximum Gasteiger partial charge on any atom is 0.319 e. The van der Waals surface area contributed by atoms with Crippen molar-refractivity contribution in [3.63, 3.8) is 0 Å². The minimum atomic E-state index is -0.601. The Morgan fingerprint density at radius 2 is 1.92 bits per heavy atom. The highest BCUT2D eigenvalue weighted by atomic mass is 32.1. The zero-order valence-corrected chi connectivity index (χ0v) is 20.4. The van der Waals surface area contributed by atoms with Crippen molar-refractivity contribution in [2.75, 3.05) is 18.4 Å². The Labute approximate surface area is 215 Å². The monoisotopic (exact) mass is 518 g/mol. The molecule has 1 saturated carbocycles. The minimum Gasteiger partial charge on any atom is -0.453 e. The molecule has 1 aliphatic heterocycles. The van der Waals surface area contributed by atoms with Crippen molar-refractivity contribution in [3.8, 4) is 22.1 Å². The van der Waals surface area contributed by atoms with E-state index in [0.717, 1.165) is 22.4 Å². The van der Waals surface area contributed by atoms with E-state index in [2.05, 4.69) is 20.6 Å². The van der Waals surface area contributed by atoms with Crippen LogP contribution in [0.15, 0.2) is 54.9 Å². The van der Waals surface area contributed by atoms with Gasteiger partial charge in [0.15, 0.2) is 11.6 Å². The second-order valence-electron chi connectivity index (χ2n) is 9.16. The van der Waals surface area contributed by atoms with Gasteiger partial charge in [0.2, 0.25) is 0 Å². The fraction of sp³-hybridized carbons (Fsp3) is 0.231. The molecule has 188 valence electrons. The van der Waals surface area contributed by atoms with Crippen molar-refractivity contribution in [3.05, 3.63) is 66.2 Å². The number of nitrogens with zero attached hydrogens (tertiary/aromatic N) is 3. The van der Waals surface area contributed by atoms with Gasteiger partial charge in [-0.1, -0.05) is 0 Å². The number of urea groups is 1. The first-order valence-corrected chi connectivity index (χ1v) is 12.7. The highest BCUT2D eigenvalue weighted by molar-refractivity contribution is 7.22. The van der Waals surface area contributed by atoms with Gasteiger partial charge in [-0.2, -0.15) is 0 Å². The molecule has 11 heteroatoms. The Morgan fingerprint density at radius 1 is 1.08 bits per heavy atom. The third-order valence-electron chi connectivity index (χ3n) is 6.16. The predicted octanol–water partition coefficient (Wildman–Crippen LogP) is 4.36. The predicted molar refractivity (Wildman–Crippen MR) is 138 cm³/mol. The van der Waals surface area contributed by atoms with E-state index in [-0.39, 0.29) is 29.8 Å². The summed E-state index contributed by atoms with van der Waals surface area (Å²) >= 11 is 1.41. The van der Waals surface area contributed by atoms with E-state index >= 15 is 0 Å². The number of anilines is 1. The van der Waals surface area contributed by atoms with Crippen LogP contribution in [-0.2, 0) is 0 Å². The number of hydrogen-bond donors (Lipinski definition) is 3. The molecule has 4 N–H and O–H groups in total. The number of aromatic nitrogens is 2. The smallest absolute Gasteiger partial charge is 0.319 e. The lowest BCUT2D eigenvalue weighted by Gasteiger charge is -2.36. The quantitative estimate of drug-likeness (QED) is 0.349. The fourth-order valence-corrected chi connectivity index (χ4v) is 5.05. The number of nitrogens with two attached hydrogens (primary N) is 1. The van der Waals surface area contributed by atoms with Crippen LogP contribution in [0.3, 0.4) is 0 Å². The number of benzene rings is 1. The zero-order chi connectivity index (χ0) is 25.5. The SMILES string of the molecule is NC1CN(C(=O)c2ccc(-c3cc4nccc(Oc5ccc(NC(=O)NC6CC6)cc5F)c4s3)nc2)C1. The van der Waals surface area contributed by atoms with Crippen molar-refractivity contribution in [2.24, 2.45) is 5.73 Å². The molecule has 1 saturated heterocycles. The molecule has 1 aliphatic carbocycles. The standard InChI is InChI=1S/C26H23FN6O3S/c27-18-9-17(32-26(35)31-16-2-3-16)4-6-21(18)36-22-7-8-29-20-10-23(37-24(20)22)19-5-1-14(11-30-19)25(34)33-12-15(28)13-33/h1,4-11,15-16H,2-3,12-13,28H2,(H2,31,32,35). The number of thiophene rings is 1. The molecule has 0 radical (unpaired) electrons. The van der Waals surface area contributed by atoms with Crippen LogP contribution in [0, 0.1) is 5.82 Å². The summed E-state index contributed by atoms with van der Waals surface area (Å²) in [4.78, 5) is 35.8. The van der Waals surface area contributed by atoms with Gasteiger partial charge >= 0.3 is 6.03 Å². The molecule has 0 bridgehead atoms. The van der Waals surface area contributed by atoms with Gasteiger partial charge in [-0.15, -0.1) is 11.3 Å². The Balaban J connectivity index is 1.19. The summed E-state index contributed by atoms with van der Waals surface area (Å²) in [6.07, 6.45) is 5.09. The van der Waals surface area contributed by atoms with Crippen LogP contribution in [0.1, 0.15) is 23.2 Å². The summed E-state index contributed by atoms with van der Waals surface area (Å²) in [7, 11) is 0. The number of ether oxygens (including phenoxy) is 1. The number of hydrogen-bond acceptors (Lipinski definition) is 7. The van der Waals surface area contributed by atoms with Crippen LogP contribution in [0.25, 0.3) is 20.8 Å². The number of halogens is 1. The summed E-state index contributed by atoms with van der Waals surface area (Å²) in [5, 5.41) is 5.43. The van der Waals surface area contributed by atoms with E-state index < -0.39 is 5.82 Å². The number of pyridine rings is 2. The first-order chi connectivity index (χ1) is 17.9. The molecule has 1 aromatic carbocycles. The molecule has 0 spiro atoms. The summed E-state index contributed by atoms with van der Waals surface area (Å²) < 4.78 is 21.4. The van der Waals surface area contributed by atoms with Crippen molar-refractivity contribution in [2.45, 2.75) is 24.9 Å². The topological polar surface area (TPSA) is 122 Å². The van der Waals surface area contributed by atoms with Crippen molar-refractivity contribution < 1.29 is 18.7 Å². The molecule has 0 unspecified atom stereocenters. The van der Waals surface area contributed by atoms with Crippen LogP contribution >= 0.6 is 11.3 Å². The Hall–Kier alpha value is -4.09. The highest BCUT2D eigenvalue weighted by Gasteiger charge is 2.28. The van der Waals surface area contributed by atoms with Gasteiger partial charge in [0, 0.05) is 55.4 Å². The van der Waals surface area contributed by atoms with Gasteiger partial charge < -0.3 is 26.0 Å². The molecule has 0 atom stereocenters. The second kappa shape index (κ2) is 9.41. The highest BCUT2D eigenvalue weighted by Crippen LogP contribution is 2.39. The molecule has 6 rings (SSSR count). The largest absolute Gasteiger partial charge is 0.453 e. The zero-order valence-electron chi connectivity index (χ0n) is 19.6. The maximum atomic E-state index is 14.8. The number of amides is 3. The van der Waals surface area contributed by atoms with Crippen LogP contribution < -0.4 is 21.1 Å². The van der Waals surface area contributed by atoms with Crippen molar-refractivity contribution >= 4 is 39.2 Å². The van der Waals surface area contributed by atoms with Gasteiger partial charge in [-0.25, -0.2) is 9.18 Å². The normalized spacial score (nSPS) is 15.4. The molecule has 4 heterocycles. The molecular formula is C26H23FN6O3S. The molecule has 3 aromatic heterocycles. The number of fused-ring (bicyclic) bond motifs is 1. The Kier molecular flexibility index (Phi) is 5.93. The van der Waals surface area contributed by atoms with Gasteiger partial charge in [0.25, 0.3) is 5.91 Å². The third kappa shape index (κ3) is 4.95. The van der Waals surface area contributed by atoms with E-state index in [4.69, 9.17) is 10.5 Å². The maximum absolute atomic E-state index is 14.8. The van der Waals surface area contributed by atoms with Gasteiger partial charge in [0.1, 0.15) is 5.75 Å². The van der Waals surface area contributed by atoms with Gasteiger partial charge in [-0.3, -0.25) is 14.8 Å². The third-order valence-corrected chi connectivity index (χ3v) is 7.32. The molecule has 37 heavy (non-hydrogen) atoms. The second-order valence-corrected chi connectivity index (χ2v) is 10.2. The molecular weight excluding hydrogens is 495 g/mol. The lowest BCUT2D eigenvalue weighted by molar-refractivity contribution is 0.0607. The fourth-order valence-electron chi connectivity index (χ4n) is 4.01. The lowest BCUT2D eigenvalue weighted by Crippen LogP contribution is -2.57. The average molecular weight is 519 g/mol. The summed E-state index contributed by atoms with van der Waals surface area (Å²) in [6, 6.07) is 11.3. The number of rotatable bonds is 6. The molecule has 2 fully saturated rings. The van der Waals surface area contributed by atoms with E-state index in [1.807, 2.05) is 6.07 Å². The van der Waals surface area contributed by atoms with Crippen LogP contribution in [-0.4, -0.2) is 52.0 Å². The van der Waals surface area contributed by atoms with E-state index in [0.29, 0.717) is 41.3 Å². The molecule has 3 amide bonds. The van der Waals surface area contributed by atoms with Crippen molar-refractivity contribution in [1.82, 2.24) is 20.2 Å². The minimum absolute atomic E-state index is 0.0299. The van der Waals surface area contributed by atoms with E-state index in [9.17, 15) is 14.0 Å². The van der Waals surface area contributed by atoms with E-state index in [1.54, 1.807) is 41.6 Å². The van der Waals surface area contributed by atoms with E-state index in [1.165, 1.54) is 23.5 Å². The lowest BCUT2D eigenvalue weighted by atomic mass is 10.1. The summed E-state index contributed by atoms with van der Waals surface area (Å²) in [5.41, 5.74) is 8.00. The Morgan fingerprint density at radius 3 is 2.62 bits per heavy atom. The van der Waals surface area contributed by atoms with Gasteiger partial charge in [0.05, 0.1) is 26.4 Å². The number of nitrogens with one attached hydrogen (secondary N) is 2. The average Bonchev–Trinajstić information content (AvgIpc) is 3.57. The first kappa shape index (κ1) is 23.3. The molecule has 9 nitrogen and oxygen atoms in total. The van der Waals surface area contributed by atoms with Crippen molar-refractivity contribution in [1.29, 1.82) is 0 Å².